The predicted molar refractivity (Wildman–Crippen MR) is 66.8 cm³/mol. The summed E-state index contributed by atoms with van der Waals surface area (Å²) in [6.07, 6.45) is 1.04. The topological polar surface area (TPSA) is 69.6 Å². The van der Waals surface area contributed by atoms with Gasteiger partial charge in [-0.15, -0.1) is 0 Å². The number of carbonyl (C=O) groups excluding carboxylic acids is 1. The zero-order valence-corrected chi connectivity index (χ0v) is 11.0. The number of hydrogen-bond donors (Lipinski definition) is 2. The Morgan fingerprint density at radius 1 is 1.35 bits per heavy atom. The van der Waals surface area contributed by atoms with E-state index >= 15 is 0 Å². The summed E-state index contributed by atoms with van der Waals surface area (Å²) in [5.41, 5.74) is 0. The first-order chi connectivity index (χ1) is 7.95. The van der Waals surface area contributed by atoms with Crippen LogP contribution in [0.2, 0.25) is 0 Å². The van der Waals surface area contributed by atoms with E-state index in [1.54, 1.807) is 0 Å². The van der Waals surface area contributed by atoms with Crippen LogP contribution in [0.3, 0.4) is 0 Å². The summed E-state index contributed by atoms with van der Waals surface area (Å²) < 4.78 is 0. The van der Waals surface area contributed by atoms with E-state index in [9.17, 15) is 9.59 Å². The first-order valence-electron chi connectivity index (χ1n) is 6.16. The summed E-state index contributed by atoms with van der Waals surface area (Å²) in [4.78, 5) is 23.8. The molecular weight excluding hydrogens is 220 g/mol. The normalized spacial score (nSPS) is 10.9. The quantitative estimate of drug-likeness (QED) is 0.633. The van der Waals surface area contributed by atoms with Crippen LogP contribution in [0, 0.1) is 5.92 Å². The summed E-state index contributed by atoms with van der Waals surface area (Å²) in [5, 5.41) is 11.4. The smallest absolute Gasteiger partial charge is 0.304 e. The van der Waals surface area contributed by atoms with Crippen LogP contribution in [0.1, 0.15) is 33.6 Å². The van der Waals surface area contributed by atoms with Gasteiger partial charge in [0.25, 0.3) is 0 Å². The Balaban J connectivity index is 3.77. The molecule has 0 saturated heterocycles. The maximum atomic E-state index is 11.5. The highest BCUT2D eigenvalue weighted by Crippen LogP contribution is 1.96. The molecule has 0 radical (unpaired) electrons. The fourth-order valence-electron chi connectivity index (χ4n) is 1.36. The second kappa shape index (κ2) is 8.98. The van der Waals surface area contributed by atoms with Crippen molar-refractivity contribution in [2.75, 3.05) is 26.2 Å². The van der Waals surface area contributed by atoms with Crippen LogP contribution < -0.4 is 5.32 Å². The molecule has 0 unspecified atom stereocenters. The van der Waals surface area contributed by atoms with E-state index in [1.807, 2.05) is 11.8 Å². The molecular formula is C12H24N2O3. The fourth-order valence-corrected chi connectivity index (χ4v) is 1.36. The largest absolute Gasteiger partial charge is 0.481 e. The number of nitrogens with zero attached hydrogens (tertiary/aromatic N) is 1. The molecule has 0 fully saturated rings. The van der Waals surface area contributed by atoms with Crippen molar-refractivity contribution in [1.29, 1.82) is 0 Å². The number of nitrogens with one attached hydrogen (secondary N) is 1. The van der Waals surface area contributed by atoms with E-state index in [4.69, 9.17) is 5.11 Å². The molecule has 0 aromatic carbocycles. The molecule has 0 bridgehead atoms. The molecule has 5 heteroatoms. The third-order valence-electron chi connectivity index (χ3n) is 2.50. The van der Waals surface area contributed by atoms with Crippen LogP contribution in [-0.4, -0.2) is 48.1 Å². The van der Waals surface area contributed by atoms with Gasteiger partial charge in [-0.3, -0.25) is 14.5 Å². The molecule has 100 valence electrons. The van der Waals surface area contributed by atoms with E-state index in [2.05, 4.69) is 19.2 Å². The molecule has 0 aromatic heterocycles. The third-order valence-corrected chi connectivity index (χ3v) is 2.50. The van der Waals surface area contributed by atoms with Crippen LogP contribution >= 0.6 is 0 Å². The number of hydrogen-bond acceptors (Lipinski definition) is 3. The zero-order chi connectivity index (χ0) is 13.3. The summed E-state index contributed by atoms with van der Waals surface area (Å²) in [6, 6.07) is 0. The lowest BCUT2D eigenvalue weighted by Gasteiger charge is -2.18. The van der Waals surface area contributed by atoms with Gasteiger partial charge in [-0.25, -0.2) is 0 Å². The molecule has 0 aliphatic rings. The Morgan fingerprint density at radius 2 is 2.00 bits per heavy atom. The summed E-state index contributed by atoms with van der Waals surface area (Å²) >= 11 is 0. The number of likely N-dealkylation sites (N-methyl/N-ethyl adjacent to an activating group) is 1. The Labute approximate surface area is 103 Å². The fraction of sp³-hybridized carbons (Fsp3) is 0.833. The molecule has 17 heavy (non-hydrogen) atoms. The average molecular weight is 244 g/mol. The van der Waals surface area contributed by atoms with E-state index in [-0.39, 0.29) is 18.9 Å². The first-order valence-corrected chi connectivity index (χ1v) is 6.16. The standard InChI is InChI=1S/C12H24N2O3/c1-4-14(8-6-12(16)17)9-11(15)13-7-5-10(2)3/h10H,4-9H2,1-3H3,(H,13,15)(H,16,17). The minimum absolute atomic E-state index is 0.0297. The number of amides is 1. The van der Waals surface area contributed by atoms with Gasteiger partial charge >= 0.3 is 5.97 Å². The van der Waals surface area contributed by atoms with Crippen molar-refractivity contribution in [3.8, 4) is 0 Å². The average Bonchev–Trinajstić information content (AvgIpc) is 2.23. The van der Waals surface area contributed by atoms with Gasteiger partial charge < -0.3 is 10.4 Å². The van der Waals surface area contributed by atoms with Gasteiger partial charge in [0.2, 0.25) is 5.91 Å². The van der Waals surface area contributed by atoms with Crippen molar-refractivity contribution < 1.29 is 14.7 Å². The second-order valence-corrected chi connectivity index (χ2v) is 4.54. The van der Waals surface area contributed by atoms with Crippen molar-refractivity contribution in [3.05, 3.63) is 0 Å². The SMILES string of the molecule is CCN(CCC(=O)O)CC(=O)NCCC(C)C. The highest BCUT2D eigenvalue weighted by Gasteiger charge is 2.10. The van der Waals surface area contributed by atoms with Crippen LogP contribution in [-0.2, 0) is 9.59 Å². The molecule has 0 saturated carbocycles. The third kappa shape index (κ3) is 9.81. The van der Waals surface area contributed by atoms with Gasteiger partial charge in [-0.2, -0.15) is 0 Å². The lowest BCUT2D eigenvalue weighted by molar-refractivity contribution is -0.137. The molecule has 0 rings (SSSR count). The number of carbonyl (C=O) groups is 2. The summed E-state index contributed by atoms with van der Waals surface area (Å²) in [7, 11) is 0. The Hall–Kier alpha value is -1.10. The van der Waals surface area contributed by atoms with Gasteiger partial charge in [0.05, 0.1) is 13.0 Å². The molecule has 0 heterocycles. The minimum atomic E-state index is -0.830. The number of carboxylic acid groups (broad SMARTS) is 1. The van der Waals surface area contributed by atoms with E-state index in [0.717, 1.165) is 6.42 Å². The van der Waals surface area contributed by atoms with Crippen LogP contribution in [0.4, 0.5) is 0 Å². The molecule has 2 N–H and O–H groups in total. The van der Waals surface area contributed by atoms with E-state index in [1.165, 1.54) is 0 Å². The Bertz CT molecular complexity index is 242. The van der Waals surface area contributed by atoms with Gasteiger partial charge in [-0.1, -0.05) is 20.8 Å². The lowest BCUT2D eigenvalue weighted by Crippen LogP contribution is -2.38. The molecule has 0 aromatic rings. The zero-order valence-electron chi connectivity index (χ0n) is 11.0. The summed E-state index contributed by atoms with van der Waals surface area (Å²) in [5.74, 6) is -0.286. The van der Waals surface area contributed by atoms with Gasteiger partial charge in [0.1, 0.15) is 0 Å². The molecule has 1 amide bonds. The Morgan fingerprint density at radius 3 is 2.47 bits per heavy atom. The lowest BCUT2D eigenvalue weighted by atomic mass is 10.1. The molecule has 0 aliphatic heterocycles. The van der Waals surface area contributed by atoms with Crippen molar-refractivity contribution in [2.24, 2.45) is 5.92 Å². The second-order valence-electron chi connectivity index (χ2n) is 4.54. The van der Waals surface area contributed by atoms with Crippen LogP contribution in [0.25, 0.3) is 0 Å². The monoisotopic (exact) mass is 244 g/mol. The predicted octanol–water partition coefficient (Wildman–Crippen LogP) is 0.945. The Kier molecular flexibility index (Phi) is 8.40. The van der Waals surface area contributed by atoms with Crippen molar-refractivity contribution in [3.63, 3.8) is 0 Å². The highest BCUT2D eigenvalue weighted by atomic mass is 16.4. The molecule has 0 spiro atoms. The maximum absolute atomic E-state index is 11.5. The molecule has 0 atom stereocenters. The van der Waals surface area contributed by atoms with Gasteiger partial charge in [-0.05, 0) is 18.9 Å². The minimum Gasteiger partial charge on any atom is -0.481 e. The van der Waals surface area contributed by atoms with Gasteiger partial charge in [0.15, 0.2) is 0 Å². The van der Waals surface area contributed by atoms with E-state index in [0.29, 0.717) is 25.6 Å². The van der Waals surface area contributed by atoms with Crippen LogP contribution in [0.5, 0.6) is 0 Å². The van der Waals surface area contributed by atoms with Gasteiger partial charge in [0, 0.05) is 13.1 Å². The highest BCUT2D eigenvalue weighted by molar-refractivity contribution is 5.78. The molecule has 5 nitrogen and oxygen atoms in total. The number of rotatable bonds is 9. The summed E-state index contributed by atoms with van der Waals surface area (Å²) in [6.45, 7) is 8.21. The van der Waals surface area contributed by atoms with Crippen molar-refractivity contribution in [2.45, 2.75) is 33.6 Å². The maximum Gasteiger partial charge on any atom is 0.304 e. The van der Waals surface area contributed by atoms with Crippen LogP contribution in [0.15, 0.2) is 0 Å². The van der Waals surface area contributed by atoms with Crippen molar-refractivity contribution in [1.82, 2.24) is 10.2 Å². The number of aliphatic carboxylic acids is 1. The van der Waals surface area contributed by atoms with Crippen molar-refractivity contribution >= 4 is 11.9 Å². The molecule has 0 aliphatic carbocycles. The number of carboxylic acids is 1. The van der Waals surface area contributed by atoms with E-state index < -0.39 is 5.97 Å². The first kappa shape index (κ1) is 15.9.